The second-order valence-corrected chi connectivity index (χ2v) is 3.64. The predicted octanol–water partition coefficient (Wildman–Crippen LogP) is 1.69. The molecule has 0 N–H and O–H groups in total. The van der Waals surface area contributed by atoms with Crippen molar-refractivity contribution in [3.05, 3.63) is 18.0 Å². The second-order valence-electron chi connectivity index (χ2n) is 3.64. The van der Waals surface area contributed by atoms with Gasteiger partial charge in [-0.2, -0.15) is 5.10 Å². The van der Waals surface area contributed by atoms with E-state index in [4.69, 9.17) is 0 Å². The van der Waals surface area contributed by atoms with Gasteiger partial charge in [-0.3, -0.25) is 9.48 Å². The van der Waals surface area contributed by atoms with Crippen LogP contribution in [0.3, 0.4) is 0 Å². The maximum Gasteiger partial charge on any atom is 0.261 e. The number of aryl methyl sites for hydroxylation is 1. The maximum absolute atomic E-state index is 11.7. The zero-order valence-electron chi connectivity index (χ0n) is 9.73. The average Bonchev–Trinajstić information content (AvgIpc) is 2.72. The molecule has 0 amide bonds. The Morgan fingerprint density at radius 1 is 1.59 bits per heavy atom. The summed E-state index contributed by atoms with van der Waals surface area (Å²) in [6, 6.07) is 0. The molecule has 1 rings (SSSR count). The van der Waals surface area contributed by atoms with Gasteiger partial charge in [0.1, 0.15) is 12.4 Å². The van der Waals surface area contributed by atoms with E-state index in [-0.39, 0.29) is 25.2 Å². The molecular weight excluding hydrogens is 230 g/mol. The molecule has 0 radical (unpaired) electrons. The Balaban J connectivity index is 2.20. The summed E-state index contributed by atoms with van der Waals surface area (Å²) in [5.41, 5.74) is 0.839. The molecule has 6 heteroatoms. The minimum Gasteiger partial charge on any atom is -0.375 e. The third-order valence-corrected chi connectivity index (χ3v) is 2.18. The third kappa shape index (κ3) is 5.53. The van der Waals surface area contributed by atoms with Crippen molar-refractivity contribution in [2.24, 2.45) is 0 Å². The van der Waals surface area contributed by atoms with Crippen molar-refractivity contribution >= 4 is 5.78 Å². The number of ketones is 1. The molecule has 0 aliphatic rings. The van der Waals surface area contributed by atoms with Gasteiger partial charge in [0.25, 0.3) is 6.43 Å². The van der Waals surface area contributed by atoms with E-state index in [1.807, 2.05) is 6.92 Å². The zero-order chi connectivity index (χ0) is 12.7. The van der Waals surface area contributed by atoms with Gasteiger partial charge in [-0.1, -0.05) is 0 Å². The number of alkyl halides is 2. The van der Waals surface area contributed by atoms with Gasteiger partial charge < -0.3 is 4.74 Å². The predicted molar refractivity (Wildman–Crippen MR) is 58.1 cm³/mol. The molecule has 1 heterocycles. The molecule has 1 aromatic rings. The number of ether oxygens (including phenoxy) is 1. The van der Waals surface area contributed by atoms with E-state index in [0.29, 0.717) is 0 Å². The highest BCUT2D eigenvalue weighted by Crippen LogP contribution is 2.02. The van der Waals surface area contributed by atoms with Crippen LogP contribution in [0.1, 0.15) is 18.9 Å². The van der Waals surface area contributed by atoms with Crippen molar-refractivity contribution in [3.63, 3.8) is 0 Å². The SMILES string of the molecule is CCn1cc(CC(=O)CCOCC(F)F)cn1. The number of carbonyl (C=O) groups is 1. The van der Waals surface area contributed by atoms with Gasteiger partial charge in [0.2, 0.25) is 0 Å². The molecule has 0 fully saturated rings. The first-order valence-corrected chi connectivity index (χ1v) is 5.50. The molecule has 0 aliphatic heterocycles. The number of carbonyl (C=O) groups excluding carboxylic acids is 1. The van der Waals surface area contributed by atoms with E-state index in [2.05, 4.69) is 9.84 Å². The number of hydrogen-bond donors (Lipinski definition) is 0. The van der Waals surface area contributed by atoms with Gasteiger partial charge in [0.05, 0.1) is 12.8 Å². The van der Waals surface area contributed by atoms with Crippen LogP contribution in [0.15, 0.2) is 12.4 Å². The first-order valence-electron chi connectivity index (χ1n) is 5.50. The van der Waals surface area contributed by atoms with E-state index < -0.39 is 13.0 Å². The van der Waals surface area contributed by atoms with E-state index in [1.165, 1.54) is 0 Å². The Labute approximate surface area is 98.6 Å². The summed E-state index contributed by atoms with van der Waals surface area (Å²) in [5.74, 6) is -0.0325. The van der Waals surface area contributed by atoms with Crippen LogP contribution in [0, 0.1) is 0 Å². The zero-order valence-corrected chi connectivity index (χ0v) is 9.73. The van der Waals surface area contributed by atoms with E-state index in [9.17, 15) is 13.6 Å². The summed E-state index contributed by atoms with van der Waals surface area (Å²) in [4.78, 5) is 11.5. The first-order chi connectivity index (χ1) is 8.11. The fourth-order valence-electron chi connectivity index (χ4n) is 1.35. The van der Waals surface area contributed by atoms with Crippen LogP contribution in [-0.2, 0) is 22.5 Å². The largest absolute Gasteiger partial charge is 0.375 e. The quantitative estimate of drug-likeness (QED) is 0.655. The van der Waals surface area contributed by atoms with Crippen molar-refractivity contribution in [2.45, 2.75) is 32.7 Å². The van der Waals surface area contributed by atoms with Crippen molar-refractivity contribution < 1.29 is 18.3 Å². The van der Waals surface area contributed by atoms with Crippen LogP contribution in [0.2, 0.25) is 0 Å². The molecule has 0 aromatic carbocycles. The van der Waals surface area contributed by atoms with Gasteiger partial charge in [-0.05, 0) is 12.5 Å². The lowest BCUT2D eigenvalue weighted by molar-refractivity contribution is -0.119. The Morgan fingerprint density at radius 3 is 2.94 bits per heavy atom. The van der Waals surface area contributed by atoms with Gasteiger partial charge >= 0.3 is 0 Å². The third-order valence-electron chi connectivity index (χ3n) is 2.18. The van der Waals surface area contributed by atoms with E-state index in [0.717, 1.165) is 12.1 Å². The summed E-state index contributed by atoms with van der Waals surface area (Å²) >= 11 is 0. The fourth-order valence-corrected chi connectivity index (χ4v) is 1.35. The average molecular weight is 246 g/mol. The van der Waals surface area contributed by atoms with Gasteiger partial charge in [0.15, 0.2) is 0 Å². The monoisotopic (exact) mass is 246 g/mol. The van der Waals surface area contributed by atoms with Crippen LogP contribution in [0.4, 0.5) is 8.78 Å². The summed E-state index contributed by atoms with van der Waals surface area (Å²) in [6.45, 7) is 2.15. The summed E-state index contributed by atoms with van der Waals surface area (Å²) < 4.78 is 29.8. The molecule has 0 bridgehead atoms. The second kappa shape index (κ2) is 7.11. The molecule has 1 aromatic heterocycles. The van der Waals surface area contributed by atoms with Crippen LogP contribution in [0.25, 0.3) is 0 Å². The van der Waals surface area contributed by atoms with Crippen molar-refractivity contribution in [3.8, 4) is 0 Å². The summed E-state index contributed by atoms with van der Waals surface area (Å²) in [5, 5.41) is 4.04. The molecule has 4 nitrogen and oxygen atoms in total. The smallest absolute Gasteiger partial charge is 0.261 e. The van der Waals surface area contributed by atoms with E-state index >= 15 is 0 Å². The molecule has 0 unspecified atom stereocenters. The lowest BCUT2D eigenvalue weighted by atomic mass is 10.1. The van der Waals surface area contributed by atoms with Crippen molar-refractivity contribution in [2.75, 3.05) is 13.2 Å². The molecule has 0 aliphatic carbocycles. The Kier molecular flexibility index (Phi) is 5.76. The lowest BCUT2D eigenvalue weighted by Crippen LogP contribution is -2.10. The molecule has 96 valence electrons. The standard InChI is InChI=1S/C11H16F2N2O2/c1-2-15-7-9(6-14-15)5-10(16)3-4-17-8-11(12)13/h6-7,11H,2-5,8H2,1H3. The van der Waals surface area contributed by atoms with Crippen molar-refractivity contribution in [1.82, 2.24) is 9.78 Å². The van der Waals surface area contributed by atoms with Gasteiger partial charge in [-0.25, -0.2) is 8.78 Å². The topological polar surface area (TPSA) is 44.1 Å². The number of halogens is 2. The normalized spacial score (nSPS) is 11.1. The molecule has 0 spiro atoms. The number of Topliss-reactive ketones (excluding diaryl/α,β-unsaturated/α-hetero) is 1. The van der Waals surface area contributed by atoms with Gasteiger partial charge in [0, 0.05) is 25.6 Å². The Bertz CT molecular complexity index is 353. The van der Waals surface area contributed by atoms with E-state index in [1.54, 1.807) is 17.1 Å². The van der Waals surface area contributed by atoms with Crippen LogP contribution < -0.4 is 0 Å². The number of nitrogens with zero attached hydrogens (tertiary/aromatic N) is 2. The van der Waals surface area contributed by atoms with Crippen LogP contribution in [0.5, 0.6) is 0 Å². The lowest BCUT2D eigenvalue weighted by Gasteiger charge is -2.02. The first kappa shape index (κ1) is 13.8. The molecule has 17 heavy (non-hydrogen) atoms. The highest BCUT2D eigenvalue weighted by Gasteiger charge is 2.07. The number of rotatable bonds is 8. The van der Waals surface area contributed by atoms with Gasteiger partial charge in [-0.15, -0.1) is 0 Å². The van der Waals surface area contributed by atoms with Crippen LogP contribution >= 0.6 is 0 Å². The minimum absolute atomic E-state index is 0.0325. The van der Waals surface area contributed by atoms with Crippen LogP contribution in [-0.4, -0.2) is 35.2 Å². The number of aromatic nitrogens is 2. The molecular formula is C11H16F2N2O2. The molecule has 0 saturated heterocycles. The molecule has 0 saturated carbocycles. The Morgan fingerprint density at radius 2 is 2.35 bits per heavy atom. The number of hydrogen-bond acceptors (Lipinski definition) is 3. The van der Waals surface area contributed by atoms with Crippen molar-refractivity contribution in [1.29, 1.82) is 0 Å². The molecule has 0 atom stereocenters. The summed E-state index contributed by atoms with van der Waals surface area (Å²) in [6.07, 6.45) is 1.40. The highest BCUT2D eigenvalue weighted by atomic mass is 19.3. The highest BCUT2D eigenvalue weighted by molar-refractivity contribution is 5.80. The fraction of sp³-hybridized carbons (Fsp3) is 0.636. The minimum atomic E-state index is -2.48. The maximum atomic E-state index is 11.7. The Hall–Kier alpha value is -1.30. The summed E-state index contributed by atoms with van der Waals surface area (Å²) in [7, 11) is 0.